The first kappa shape index (κ1) is 15.7. The summed E-state index contributed by atoms with van der Waals surface area (Å²) in [6.45, 7) is 0.116. The number of para-hydroxylation sites is 1. The maximum atomic E-state index is 11.9. The second kappa shape index (κ2) is 6.95. The van der Waals surface area contributed by atoms with Gasteiger partial charge in [0.1, 0.15) is 6.61 Å². The molecule has 0 aliphatic heterocycles. The molecule has 0 aliphatic rings. The molecule has 122 valence electrons. The van der Waals surface area contributed by atoms with Crippen molar-refractivity contribution in [1.82, 2.24) is 4.98 Å². The van der Waals surface area contributed by atoms with E-state index in [1.807, 2.05) is 30.5 Å². The number of hydrogen-bond donors (Lipinski definition) is 1. The van der Waals surface area contributed by atoms with Crippen molar-refractivity contribution in [3.8, 4) is 0 Å². The topological polar surface area (TPSA) is 85.2 Å². The number of benzene rings is 2. The Labute approximate surface area is 138 Å². The van der Waals surface area contributed by atoms with Gasteiger partial charge in [0.05, 0.1) is 4.92 Å². The van der Waals surface area contributed by atoms with Gasteiger partial charge in [0.25, 0.3) is 5.69 Å². The first-order valence-electron chi connectivity index (χ1n) is 7.57. The number of carbonyl (C=O) groups is 1. The summed E-state index contributed by atoms with van der Waals surface area (Å²) < 4.78 is 5.22. The van der Waals surface area contributed by atoms with Crippen molar-refractivity contribution in [1.29, 1.82) is 0 Å². The van der Waals surface area contributed by atoms with Gasteiger partial charge in [-0.05, 0) is 35.7 Å². The zero-order valence-corrected chi connectivity index (χ0v) is 12.9. The van der Waals surface area contributed by atoms with E-state index in [0.29, 0.717) is 6.42 Å². The Bertz CT molecular complexity index is 868. The number of aromatic nitrogens is 1. The SMILES string of the molecule is O=C(CCc1c[nH]c2ccccc12)OCc1ccc([N+](=O)[O-])cc1. The summed E-state index contributed by atoms with van der Waals surface area (Å²) in [5.74, 6) is -0.293. The quantitative estimate of drug-likeness (QED) is 0.425. The molecule has 0 fully saturated rings. The highest BCUT2D eigenvalue weighted by Crippen LogP contribution is 2.19. The molecule has 3 aromatic rings. The maximum Gasteiger partial charge on any atom is 0.306 e. The number of nitrogens with one attached hydrogen (secondary N) is 1. The number of rotatable bonds is 6. The normalized spacial score (nSPS) is 10.7. The smallest absolute Gasteiger partial charge is 0.306 e. The number of non-ortho nitro benzene ring substituents is 1. The third-order valence-electron chi connectivity index (χ3n) is 3.82. The van der Waals surface area contributed by atoms with E-state index >= 15 is 0 Å². The summed E-state index contributed by atoms with van der Waals surface area (Å²) in [5, 5.41) is 11.7. The molecule has 0 radical (unpaired) electrons. The Hall–Kier alpha value is -3.15. The summed E-state index contributed by atoms with van der Waals surface area (Å²) in [6.07, 6.45) is 2.80. The largest absolute Gasteiger partial charge is 0.461 e. The van der Waals surface area contributed by atoms with E-state index in [1.165, 1.54) is 12.1 Å². The van der Waals surface area contributed by atoms with Crippen LogP contribution in [0.5, 0.6) is 0 Å². The van der Waals surface area contributed by atoms with E-state index < -0.39 is 4.92 Å². The lowest BCUT2D eigenvalue weighted by Crippen LogP contribution is -2.05. The molecule has 0 saturated heterocycles. The lowest BCUT2D eigenvalue weighted by molar-refractivity contribution is -0.384. The van der Waals surface area contributed by atoms with Crippen molar-refractivity contribution in [2.24, 2.45) is 0 Å². The van der Waals surface area contributed by atoms with Gasteiger partial charge in [0.2, 0.25) is 0 Å². The molecular formula is C18H16N2O4. The van der Waals surface area contributed by atoms with E-state index in [-0.39, 0.29) is 24.7 Å². The van der Waals surface area contributed by atoms with E-state index in [2.05, 4.69) is 4.98 Å². The molecule has 0 atom stereocenters. The Kier molecular flexibility index (Phi) is 4.56. The lowest BCUT2D eigenvalue weighted by Gasteiger charge is -2.05. The molecule has 0 amide bonds. The number of esters is 1. The first-order valence-corrected chi connectivity index (χ1v) is 7.57. The average Bonchev–Trinajstić information content (AvgIpc) is 3.01. The van der Waals surface area contributed by atoms with Gasteiger partial charge in [-0.2, -0.15) is 0 Å². The molecule has 0 saturated carbocycles. The average molecular weight is 324 g/mol. The molecule has 1 aromatic heterocycles. The molecule has 24 heavy (non-hydrogen) atoms. The van der Waals surface area contributed by atoms with Crippen molar-refractivity contribution in [3.05, 3.63) is 76.0 Å². The number of H-pyrrole nitrogens is 1. The number of nitro groups is 1. The summed E-state index contributed by atoms with van der Waals surface area (Å²) in [7, 11) is 0. The predicted octanol–water partition coefficient (Wildman–Crippen LogP) is 3.75. The Morgan fingerprint density at radius 2 is 1.88 bits per heavy atom. The van der Waals surface area contributed by atoms with E-state index in [1.54, 1.807) is 12.1 Å². The van der Waals surface area contributed by atoms with Crippen LogP contribution in [0.15, 0.2) is 54.7 Å². The van der Waals surface area contributed by atoms with Crippen LogP contribution in [0.3, 0.4) is 0 Å². The van der Waals surface area contributed by atoms with Crippen LogP contribution in [0, 0.1) is 10.1 Å². The fourth-order valence-corrected chi connectivity index (χ4v) is 2.53. The van der Waals surface area contributed by atoms with E-state index in [0.717, 1.165) is 22.0 Å². The second-order valence-corrected chi connectivity index (χ2v) is 5.44. The maximum absolute atomic E-state index is 11.9. The predicted molar refractivity (Wildman–Crippen MR) is 89.5 cm³/mol. The Morgan fingerprint density at radius 3 is 2.62 bits per heavy atom. The van der Waals surface area contributed by atoms with Crippen LogP contribution in [0.4, 0.5) is 5.69 Å². The molecule has 1 heterocycles. The Balaban J connectivity index is 1.51. The van der Waals surface area contributed by atoms with Crippen LogP contribution < -0.4 is 0 Å². The first-order chi connectivity index (χ1) is 11.6. The van der Waals surface area contributed by atoms with E-state index in [4.69, 9.17) is 4.74 Å². The zero-order chi connectivity index (χ0) is 16.9. The van der Waals surface area contributed by atoms with Gasteiger partial charge in [-0.15, -0.1) is 0 Å². The summed E-state index contributed by atoms with van der Waals surface area (Å²) in [4.78, 5) is 25.2. The van der Waals surface area contributed by atoms with Gasteiger partial charge >= 0.3 is 5.97 Å². The lowest BCUT2D eigenvalue weighted by atomic mass is 10.1. The van der Waals surface area contributed by atoms with Crippen molar-refractivity contribution >= 4 is 22.6 Å². The second-order valence-electron chi connectivity index (χ2n) is 5.44. The third kappa shape index (κ3) is 3.60. The van der Waals surface area contributed by atoms with Crippen molar-refractivity contribution in [3.63, 3.8) is 0 Å². The standard InChI is InChI=1S/C18H16N2O4/c21-18(24-12-13-5-8-15(9-6-13)20(22)23)10-7-14-11-19-17-4-2-1-3-16(14)17/h1-6,8-9,11,19H,7,10,12H2. The van der Waals surface area contributed by atoms with Crippen molar-refractivity contribution < 1.29 is 14.5 Å². The summed E-state index contributed by atoms with van der Waals surface area (Å²) >= 11 is 0. The molecular weight excluding hydrogens is 308 g/mol. The minimum Gasteiger partial charge on any atom is -0.461 e. The number of ether oxygens (including phenoxy) is 1. The van der Waals surface area contributed by atoms with Gasteiger partial charge in [0, 0.05) is 35.7 Å². The van der Waals surface area contributed by atoms with Gasteiger partial charge in [-0.1, -0.05) is 18.2 Å². The fraction of sp³-hybridized carbons (Fsp3) is 0.167. The molecule has 6 nitrogen and oxygen atoms in total. The van der Waals surface area contributed by atoms with Crippen LogP contribution >= 0.6 is 0 Å². The number of carbonyl (C=O) groups excluding carboxylic acids is 1. The number of nitro benzene ring substituents is 1. The number of nitrogens with zero attached hydrogens (tertiary/aromatic N) is 1. The number of aryl methyl sites for hydroxylation is 1. The highest BCUT2D eigenvalue weighted by molar-refractivity contribution is 5.83. The number of aromatic amines is 1. The molecule has 0 bridgehead atoms. The van der Waals surface area contributed by atoms with Crippen LogP contribution in [-0.2, 0) is 22.6 Å². The van der Waals surface area contributed by atoms with Gasteiger partial charge in [-0.3, -0.25) is 14.9 Å². The van der Waals surface area contributed by atoms with Crippen LogP contribution in [0.2, 0.25) is 0 Å². The van der Waals surface area contributed by atoms with Crippen LogP contribution in [0.1, 0.15) is 17.5 Å². The van der Waals surface area contributed by atoms with Crippen LogP contribution in [-0.4, -0.2) is 15.9 Å². The molecule has 0 unspecified atom stereocenters. The fourth-order valence-electron chi connectivity index (χ4n) is 2.53. The molecule has 1 N–H and O–H groups in total. The number of fused-ring (bicyclic) bond motifs is 1. The van der Waals surface area contributed by atoms with Crippen molar-refractivity contribution in [2.45, 2.75) is 19.4 Å². The molecule has 3 rings (SSSR count). The number of hydrogen-bond acceptors (Lipinski definition) is 4. The van der Waals surface area contributed by atoms with Crippen molar-refractivity contribution in [2.75, 3.05) is 0 Å². The molecule has 2 aromatic carbocycles. The highest BCUT2D eigenvalue weighted by atomic mass is 16.6. The highest BCUT2D eigenvalue weighted by Gasteiger charge is 2.09. The van der Waals surface area contributed by atoms with Crippen LogP contribution in [0.25, 0.3) is 10.9 Å². The zero-order valence-electron chi connectivity index (χ0n) is 12.9. The van der Waals surface area contributed by atoms with E-state index in [9.17, 15) is 14.9 Å². The van der Waals surface area contributed by atoms with Gasteiger partial charge in [-0.25, -0.2) is 0 Å². The minimum absolute atomic E-state index is 0.0180. The molecule has 6 heteroatoms. The minimum atomic E-state index is -0.461. The molecule has 0 aliphatic carbocycles. The monoisotopic (exact) mass is 324 g/mol. The third-order valence-corrected chi connectivity index (χ3v) is 3.82. The summed E-state index contributed by atoms with van der Waals surface area (Å²) in [6, 6.07) is 13.9. The summed E-state index contributed by atoms with van der Waals surface area (Å²) in [5.41, 5.74) is 2.87. The molecule has 0 spiro atoms. The van der Waals surface area contributed by atoms with Gasteiger partial charge < -0.3 is 9.72 Å². The van der Waals surface area contributed by atoms with Gasteiger partial charge in [0.15, 0.2) is 0 Å². The Morgan fingerprint density at radius 1 is 1.12 bits per heavy atom.